The Morgan fingerprint density at radius 2 is 1.85 bits per heavy atom. The monoisotopic (exact) mass is 448 g/mol. The summed E-state index contributed by atoms with van der Waals surface area (Å²) in [6, 6.07) is 18.0. The van der Waals surface area contributed by atoms with Gasteiger partial charge in [0.2, 0.25) is 0 Å². The third-order valence-electron chi connectivity index (χ3n) is 7.86. The summed E-state index contributed by atoms with van der Waals surface area (Å²) in [5.74, 6) is -1.38. The average Bonchev–Trinajstić information content (AvgIpc) is 3.64. The van der Waals surface area contributed by atoms with Gasteiger partial charge in [-0.15, -0.1) is 0 Å². The summed E-state index contributed by atoms with van der Waals surface area (Å²) >= 11 is 0. The van der Waals surface area contributed by atoms with Crippen LogP contribution < -0.4 is 10.2 Å². The molecule has 0 spiro atoms. The molecule has 2 saturated carbocycles. The quantitative estimate of drug-likeness (QED) is 0.598. The smallest absolute Gasteiger partial charge is 0.414 e. The zero-order valence-electron chi connectivity index (χ0n) is 19.1. The number of carboxylic acid groups (broad SMARTS) is 1. The molecule has 33 heavy (non-hydrogen) atoms. The highest BCUT2D eigenvalue weighted by Gasteiger charge is 2.59. The number of aliphatic carboxylic acids is 1. The first-order valence-electron chi connectivity index (χ1n) is 12.0. The van der Waals surface area contributed by atoms with E-state index < -0.39 is 11.9 Å². The second-order valence-electron chi connectivity index (χ2n) is 9.97. The minimum Gasteiger partial charge on any atom is -0.481 e. The number of para-hydroxylation sites is 1. The van der Waals surface area contributed by atoms with E-state index in [0.29, 0.717) is 19.0 Å². The van der Waals surface area contributed by atoms with Crippen LogP contribution in [-0.2, 0) is 16.1 Å². The molecule has 2 N–H and O–H groups in total. The van der Waals surface area contributed by atoms with Crippen LogP contribution in [-0.4, -0.2) is 35.8 Å². The molecule has 0 bridgehead atoms. The summed E-state index contributed by atoms with van der Waals surface area (Å²) in [6.07, 6.45) is 4.36. The van der Waals surface area contributed by atoms with Crippen molar-refractivity contribution in [1.82, 2.24) is 5.32 Å². The molecule has 2 aromatic rings. The van der Waals surface area contributed by atoms with Gasteiger partial charge in [0.15, 0.2) is 0 Å². The van der Waals surface area contributed by atoms with Crippen LogP contribution in [0.5, 0.6) is 0 Å². The van der Waals surface area contributed by atoms with Gasteiger partial charge in [-0.05, 0) is 61.3 Å². The lowest BCUT2D eigenvalue weighted by Crippen LogP contribution is -2.63. The van der Waals surface area contributed by atoms with Crippen LogP contribution in [0.1, 0.15) is 56.1 Å². The molecule has 3 aliphatic rings. The fourth-order valence-electron chi connectivity index (χ4n) is 5.86. The van der Waals surface area contributed by atoms with Crippen molar-refractivity contribution < 1.29 is 19.4 Å². The number of amides is 1. The molecule has 6 nitrogen and oxygen atoms in total. The Kier molecular flexibility index (Phi) is 5.87. The summed E-state index contributed by atoms with van der Waals surface area (Å²) in [5.41, 5.74) is 2.40. The predicted molar refractivity (Wildman–Crippen MR) is 126 cm³/mol. The highest BCUT2D eigenvalue weighted by molar-refractivity contribution is 5.91. The zero-order chi connectivity index (χ0) is 23.0. The van der Waals surface area contributed by atoms with E-state index in [2.05, 4.69) is 12.2 Å². The van der Waals surface area contributed by atoms with Crippen molar-refractivity contribution in [2.24, 2.45) is 11.3 Å². The fraction of sp³-hybridized carbons (Fsp3) is 0.481. The Labute approximate surface area is 194 Å². The lowest BCUT2D eigenvalue weighted by Gasteiger charge is -2.60. The first kappa shape index (κ1) is 22.0. The van der Waals surface area contributed by atoms with Crippen molar-refractivity contribution in [2.45, 2.75) is 63.6 Å². The van der Waals surface area contributed by atoms with Gasteiger partial charge >= 0.3 is 12.1 Å². The predicted octanol–water partition coefficient (Wildman–Crippen LogP) is 4.94. The number of fused-ring (bicyclic) bond motifs is 2. The van der Waals surface area contributed by atoms with Gasteiger partial charge in [0.25, 0.3) is 0 Å². The van der Waals surface area contributed by atoms with E-state index in [1.54, 1.807) is 4.90 Å². The molecule has 0 saturated heterocycles. The van der Waals surface area contributed by atoms with Gasteiger partial charge in [0, 0.05) is 18.0 Å². The minimum atomic E-state index is -0.751. The zero-order valence-corrected chi connectivity index (χ0v) is 19.1. The van der Waals surface area contributed by atoms with Crippen LogP contribution >= 0.6 is 0 Å². The van der Waals surface area contributed by atoms with Crippen LogP contribution in [0.25, 0.3) is 0 Å². The lowest BCUT2D eigenvalue weighted by atomic mass is 9.51. The van der Waals surface area contributed by atoms with Crippen LogP contribution in [0.4, 0.5) is 10.5 Å². The van der Waals surface area contributed by atoms with Crippen LogP contribution in [0.2, 0.25) is 0 Å². The number of anilines is 1. The molecule has 6 heteroatoms. The van der Waals surface area contributed by atoms with E-state index in [4.69, 9.17) is 4.74 Å². The molecule has 2 aromatic carbocycles. The molecule has 0 radical (unpaired) electrons. The van der Waals surface area contributed by atoms with Crippen molar-refractivity contribution in [2.75, 3.05) is 11.4 Å². The van der Waals surface area contributed by atoms with Gasteiger partial charge in [-0.3, -0.25) is 9.69 Å². The maximum atomic E-state index is 13.3. The molecule has 174 valence electrons. The van der Waals surface area contributed by atoms with Crippen LogP contribution in [0.15, 0.2) is 54.6 Å². The van der Waals surface area contributed by atoms with Gasteiger partial charge < -0.3 is 15.2 Å². The summed E-state index contributed by atoms with van der Waals surface area (Å²) in [6.45, 7) is 3.09. The number of hydrogen-bond donors (Lipinski definition) is 2. The largest absolute Gasteiger partial charge is 0.481 e. The third-order valence-corrected chi connectivity index (χ3v) is 7.86. The Morgan fingerprint density at radius 1 is 1.12 bits per heavy atom. The van der Waals surface area contributed by atoms with Crippen molar-refractivity contribution >= 4 is 17.7 Å². The Bertz CT molecular complexity index is 1020. The minimum absolute atomic E-state index is 0.0566. The van der Waals surface area contributed by atoms with Gasteiger partial charge in [0.1, 0.15) is 6.61 Å². The van der Waals surface area contributed by atoms with Gasteiger partial charge in [0.05, 0.1) is 11.6 Å². The van der Waals surface area contributed by atoms with E-state index in [-0.39, 0.29) is 30.1 Å². The number of rotatable bonds is 8. The molecule has 4 atom stereocenters. The molecular weight excluding hydrogens is 416 g/mol. The summed E-state index contributed by atoms with van der Waals surface area (Å²) < 4.78 is 5.72. The highest BCUT2D eigenvalue weighted by atomic mass is 16.6. The molecular formula is C27H32N2O4. The number of benzene rings is 2. The Hall–Kier alpha value is -2.86. The van der Waals surface area contributed by atoms with Crippen LogP contribution in [0, 0.1) is 11.3 Å². The topological polar surface area (TPSA) is 78.9 Å². The summed E-state index contributed by atoms with van der Waals surface area (Å²) in [5, 5.41) is 13.7. The molecule has 2 fully saturated rings. The molecule has 1 aliphatic heterocycles. The van der Waals surface area contributed by atoms with Crippen molar-refractivity contribution in [1.29, 1.82) is 0 Å². The second-order valence-corrected chi connectivity index (χ2v) is 9.97. The molecule has 2 unspecified atom stereocenters. The number of carbonyl (C=O) groups excluding carboxylic acids is 1. The first-order chi connectivity index (χ1) is 16.0. The lowest BCUT2D eigenvalue weighted by molar-refractivity contribution is -0.145. The van der Waals surface area contributed by atoms with E-state index in [9.17, 15) is 14.7 Å². The molecule has 1 amide bonds. The number of carbonyl (C=O) groups is 2. The number of nitrogens with one attached hydrogen (secondary N) is 1. The molecule has 1 heterocycles. The number of carboxylic acids is 1. The number of ether oxygens (including phenoxy) is 1. The second kappa shape index (κ2) is 8.82. The van der Waals surface area contributed by atoms with E-state index >= 15 is 0 Å². The van der Waals surface area contributed by atoms with Crippen molar-refractivity contribution in [3.8, 4) is 0 Å². The molecule has 0 aromatic heterocycles. The Balaban J connectivity index is 1.43. The van der Waals surface area contributed by atoms with Gasteiger partial charge in [-0.1, -0.05) is 55.5 Å². The fourth-order valence-corrected chi connectivity index (χ4v) is 5.86. The number of nitrogens with zero attached hydrogens (tertiary/aromatic N) is 1. The van der Waals surface area contributed by atoms with Gasteiger partial charge in [-0.2, -0.15) is 0 Å². The molecule has 5 rings (SSSR count). The average molecular weight is 449 g/mol. The summed E-state index contributed by atoms with van der Waals surface area (Å²) in [7, 11) is 0. The SMILES string of the molecule is C[C@@]12CC[C@H]1N(C(=O)OCc1ccccc1)c1ccccc1C2C(CCNC1CC1)C(=O)O. The Morgan fingerprint density at radius 3 is 2.52 bits per heavy atom. The summed E-state index contributed by atoms with van der Waals surface area (Å²) in [4.78, 5) is 27.6. The van der Waals surface area contributed by atoms with Crippen molar-refractivity contribution in [3.05, 3.63) is 65.7 Å². The van der Waals surface area contributed by atoms with E-state index in [0.717, 1.165) is 29.7 Å². The molecule has 2 aliphatic carbocycles. The highest BCUT2D eigenvalue weighted by Crippen LogP contribution is 2.62. The van der Waals surface area contributed by atoms with E-state index in [1.807, 2.05) is 54.6 Å². The van der Waals surface area contributed by atoms with Crippen molar-refractivity contribution in [3.63, 3.8) is 0 Å². The third kappa shape index (κ3) is 4.12. The first-order valence-corrected chi connectivity index (χ1v) is 12.0. The van der Waals surface area contributed by atoms with Gasteiger partial charge in [-0.25, -0.2) is 4.79 Å². The standard InChI is InChI=1S/C27H32N2O4/c1-27-15-13-23(27)29(26(32)33-17-18-7-3-2-4-8-18)22-10-6-5-9-20(22)24(27)21(25(30)31)14-16-28-19-11-12-19/h2-10,19,21,23-24,28H,11-17H2,1H3,(H,30,31)/t21?,23-,24?,27-/m1/s1. The number of hydrogen-bond acceptors (Lipinski definition) is 4. The maximum absolute atomic E-state index is 13.3. The maximum Gasteiger partial charge on any atom is 0.414 e. The normalized spacial score (nSPS) is 26.5. The van der Waals surface area contributed by atoms with Crippen LogP contribution in [0.3, 0.4) is 0 Å². The van der Waals surface area contributed by atoms with E-state index in [1.165, 1.54) is 12.8 Å².